The minimum Gasteiger partial charge on any atom is -0.453 e. The average Bonchev–Trinajstić information content (AvgIpc) is 4.14. The predicted molar refractivity (Wildman–Crippen MR) is 234 cm³/mol. The molecular formula is C47H56N8O7. The highest BCUT2D eigenvalue weighted by molar-refractivity contribution is 5.91. The quantitative estimate of drug-likeness (QED) is 0.105. The maximum atomic E-state index is 14.0. The molecule has 5 aromatic rings. The second-order valence-corrected chi connectivity index (χ2v) is 17.0. The fourth-order valence-corrected chi connectivity index (χ4v) is 9.34. The monoisotopic (exact) mass is 844 g/mol. The van der Waals surface area contributed by atoms with E-state index in [1.807, 2.05) is 36.0 Å². The number of benzene rings is 3. The van der Waals surface area contributed by atoms with Gasteiger partial charge in [-0.2, -0.15) is 0 Å². The van der Waals surface area contributed by atoms with Gasteiger partial charge in [-0.15, -0.1) is 0 Å². The first-order valence-corrected chi connectivity index (χ1v) is 21.7. The Balaban J connectivity index is 0.954. The second-order valence-electron chi connectivity index (χ2n) is 17.0. The van der Waals surface area contributed by atoms with Crippen LogP contribution in [0.25, 0.3) is 44.4 Å². The highest BCUT2D eigenvalue weighted by atomic mass is 16.5. The SMILES string of the molecule is COC(=O)NC(C(=O)N1CCCC1c1ncc(-c2ccc(-c3ccc4cc(-c5cnc(C6CCCN6C(=O)C(NC(=O)OC)C6CCOCC6)[nH]5)ccc4c3)c(C)c2)[nH]1)C(C)C. The minimum atomic E-state index is -0.691. The lowest BCUT2D eigenvalue weighted by atomic mass is 9.90. The molecule has 4 atom stereocenters. The molecule has 15 nitrogen and oxygen atoms in total. The Kier molecular flexibility index (Phi) is 12.6. The third kappa shape index (κ3) is 8.76. The van der Waals surface area contributed by atoms with Crippen LogP contribution in [-0.2, 0) is 23.8 Å². The van der Waals surface area contributed by atoms with E-state index in [1.165, 1.54) is 14.2 Å². The Labute approximate surface area is 361 Å². The van der Waals surface area contributed by atoms with Gasteiger partial charge in [-0.3, -0.25) is 9.59 Å². The molecule has 3 fully saturated rings. The van der Waals surface area contributed by atoms with Crippen LogP contribution in [0.15, 0.2) is 67.0 Å². The van der Waals surface area contributed by atoms with Crippen molar-refractivity contribution in [3.8, 4) is 33.6 Å². The number of methoxy groups -OCH3 is 2. The number of aryl methyl sites for hydroxylation is 1. The van der Waals surface area contributed by atoms with Gasteiger partial charge < -0.3 is 44.6 Å². The van der Waals surface area contributed by atoms with Gasteiger partial charge in [0.25, 0.3) is 0 Å². The molecule has 5 heterocycles. The third-order valence-electron chi connectivity index (χ3n) is 12.7. The van der Waals surface area contributed by atoms with Gasteiger partial charge in [0.05, 0.1) is 50.1 Å². The van der Waals surface area contributed by atoms with E-state index in [1.54, 1.807) is 0 Å². The molecule has 4 N–H and O–H groups in total. The van der Waals surface area contributed by atoms with E-state index in [0.29, 0.717) is 39.1 Å². The highest BCUT2D eigenvalue weighted by Crippen LogP contribution is 2.37. The number of aromatic nitrogens is 4. The van der Waals surface area contributed by atoms with Crippen molar-refractivity contribution in [2.24, 2.45) is 11.8 Å². The summed E-state index contributed by atoms with van der Waals surface area (Å²) < 4.78 is 15.2. The van der Waals surface area contributed by atoms with E-state index in [2.05, 4.69) is 82.1 Å². The van der Waals surface area contributed by atoms with Gasteiger partial charge in [0.1, 0.15) is 23.7 Å². The van der Waals surface area contributed by atoms with Crippen molar-refractivity contribution in [1.82, 2.24) is 40.4 Å². The Bertz CT molecular complexity index is 2440. The van der Waals surface area contributed by atoms with Gasteiger partial charge in [-0.1, -0.05) is 50.2 Å². The number of fused-ring (bicyclic) bond motifs is 1. The van der Waals surface area contributed by atoms with Crippen LogP contribution in [0.1, 0.15) is 81.7 Å². The van der Waals surface area contributed by atoms with Crippen molar-refractivity contribution >= 4 is 34.8 Å². The molecular weight excluding hydrogens is 789 g/mol. The number of hydrogen-bond donors (Lipinski definition) is 4. The molecule has 0 saturated carbocycles. The molecule has 0 aliphatic carbocycles. The molecule has 326 valence electrons. The molecule has 15 heteroatoms. The minimum absolute atomic E-state index is 0.0285. The number of carbonyl (C=O) groups excluding carboxylic acids is 4. The number of likely N-dealkylation sites (tertiary alicyclic amines) is 2. The van der Waals surface area contributed by atoms with Crippen LogP contribution in [0.5, 0.6) is 0 Å². The van der Waals surface area contributed by atoms with Crippen molar-refractivity contribution in [3.63, 3.8) is 0 Å². The van der Waals surface area contributed by atoms with Crippen LogP contribution in [0, 0.1) is 18.8 Å². The number of H-pyrrole nitrogens is 2. The zero-order valence-corrected chi connectivity index (χ0v) is 36.0. The molecule has 0 spiro atoms. The van der Waals surface area contributed by atoms with Gasteiger partial charge >= 0.3 is 12.2 Å². The van der Waals surface area contributed by atoms with Crippen LogP contribution >= 0.6 is 0 Å². The number of ether oxygens (including phenoxy) is 3. The van der Waals surface area contributed by atoms with Gasteiger partial charge in [-0.25, -0.2) is 19.6 Å². The summed E-state index contributed by atoms with van der Waals surface area (Å²) in [5.74, 6) is 1.08. The van der Waals surface area contributed by atoms with Crippen molar-refractivity contribution in [1.29, 1.82) is 0 Å². The van der Waals surface area contributed by atoms with Crippen LogP contribution in [-0.4, -0.2) is 106 Å². The first-order valence-electron chi connectivity index (χ1n) is 21.7. The number of carbonyl (C=O) groups is 4. The maximum Gasteiger partial charge on any atom is 0.407 e. The predicted octanol–water partition coefficient (Wildman–Crippen LogP) is 7.45. The normalized spacial score (nSPS) is 19.1. The van der Waals surface area contributed by atoms with E-state index in [4.69, 9.17) is 24.2 Å². The van der Waals surface area contributed by atoms with E-state index in [9.17, 15) is 19.2 Å². The van der Waals surface area contributed by atoms with E-state index < -0.39 is 24.3 Å². The number of aromatic amines is 2. The van der Waals surface area contributed by atoms with Crippen LogP contribution in [0.2, 0.25) is 0 Å². The van der Waals surface area contributed by atoms with Gasteiger partial charge in [0.2, 0.25) is 11.8 Å². The number of imidazole rings is 2. The summed E-state index contributed by atoms with van der Waals surface area (Å²) >= 11 is 0. The summed E-state index contributed by atoms with van der Waals surface area (Å²) in [6.07, 6.45) is 7.06. The summed E-state index contributed by atoms with van der Waals surface area (Å²) in [6.45, 7) is 8.22. The lowest BCUT2D eigenvalue weighted by molar-refractivity contribution is -0.137. The number of alkyl carbamates (subject to hydrolysis) is 2. The van der Waals surface area contributed by atoms with Crippen LogP contribution < -0.4 is 10.6 Å². The van der Waals surface area contributed by atoms with Crippen molar-refractivity contribution < 1.29 is 33.4 Å². The molecule has 62 heavy (non-hydrogen) atoms. The first kappa shape index (κ1) is 42.5. The summed E-state index contributed by atoms with van der Waals surface area (Å²) in [7, 11) is 2.60. The number of nitrogens with one attached hydrogen (secondary N) is 4. The average molecular weight is 845 g/mol. The largest absolute Gasteiger partial charge is 0.453 e. The number of nitrogens with zero attached hydrogens (tertiary/aromatic N) is 4. The zero-order chi connectivity index (χ0) is 43.5. The molecule has 3 aliphatic heterocycles. The molecule has 4 unspecified atom stereocenters. The second kappa shape index (κ2) is 18.4. The van der Waals surface area contributed by atoms with Crippen molar-refractivity contribution in [2.75, 3.05) is 40.5 Å². The topological polar surface area (TPSA) is 184 Å². The molecule has 8 rings (SSSR count). The summed E-state index contributed by atoms with van der Waals surface area (Å²) in [4.78, 5) is 72.1. The van der Waals surface area contributed by atoms with Crippen LogP contribution in [0.4, 0.5) is 9.59 Å². The van der Waals surface area contributed by atoms with Gasteiger partial charge in [-0.05, 0) is 109 Å². The number of hydrogen-bond acceptors (Lipinski definition) is 9. The Morgan fingerprint density at radius 1 is 0.710 bits per heavy atom. The third-order valence-corrected chi connectivity index (χ3v) is 12.7. The number of rotatable bonds is 11. The summed E-state index contributed by atoms with van der Waals surface area (Å²) in [6, 6.07) is 17.4. The number of amides is 4. The highest BCUT2D eigenvalue weighted by Gasteiger charge is 2.41. The molecule has 0 radical (unpaired) electrons. The standard InChI is InChI=1S/C47H56N8O7/c1-27(2)40(52-46(58)60-4)44(56)54-18-6-8-38(54)42-48-25-36(50-42)33-14-15-35(28(3)22-33)32-12-10-31-24-34(13-11-30(31)23-32)37-26-49-43(51-37)39-9-7-19-55(39)45(57)41(53-47(59)61-5)29-16-20-62-21-17-29/h10-15,22-27,29,38-41H,6-9,16-21H2,1-5H3,(H,48,50)(H,49,51)(H,52,58)(H,53,59). The molecule has 3 aromatic carbocycles. The molecule has 2 aromatic heterocycles. The lowest BCUT2D eigenvalue weighted by Gasteiger charge is -2.34. The Hall–Kier alpha value is -6.22. The summed E-state index contributed by atoms with van der Waals surface area (Å²) in [5.41, 5.74) is 7.09. The maximum absolute atomic E-state index is 14.0. The van der Waals surface area contributed by atoms with Crippen molar-refractivity contribution in [2.45, 2.75) is 83.5 Å². The Morgan fingerprint density at radius 2 is 1.24 bits per heavy atom. The fourth-order valence-electron chi connectivity index (χ4n) is 9.34. The lowest BCUT2D eigenvalue weighted by Crippen LogP contribution is -2.53. The first-order chi connectivity index (χ1) is 30.0. The van der Waals surface area contributed by atoms with E-state index >= 15 is 0 Å². The smallest absolute Gasteiger partial charge is 0.407 e. The molecule has 0 bridgehead atoms. The van der Waals surface area contributed by atoms with Crippen molar-refractivity contribution in [3.05, 3.63) is 84.2 Å². The van der Waals surface area contributed by atoms with Gasteiger partial charge in [0, 0.05) is 31.9 Å². The van der Waals surface area contributed by atoms with Crippen LogP contribution in [0.3, 0.4) is 0 Å². The molecule has 4 amide bonds. The fraction of sp³-hybridized carbons (Fsp3) is 0.447. The molecule has 3 saturated heterocycles. The van der Waals surface area contributed by atoms with E-state index in [-0.39, 0.29) is 35.7 Å². The van der Waals surface area contributed by atoms with Gasteiger partial charge in [0.15, 0.2) is 0 Å². The zero-order valence-electron chi connectivity index (χ0n) is 36.0. The summed E-state index contributed by atoms with van der Waals surface area (Å²) in [5, 5.41) is 7.72. The van der Waals surface area contributed by atoms with E-state index in [0.717, 1.165) is 87.3 Å². The Morgan fingerprint density at radius 3 is 1.82 bits per heavy atom. The molecule has 3 aliphatic rings.